The van der Waals surface area contributed by atoms with E-state index in [1.807, 2.05) is 0 Å². The van der Waals surface area contributed by atoms with Gasteiger partial charge in [0.05, 0.1) is 12.1 Å². The van der Waals surface area contributed by atoms with Gasteiger partial charge in [-0.2, -0.15) is 0 Å². The number of ether oxygens (including phenoxy) is 1. The lowest BCUT2D eigenvalue weighted by Gasteiger charge is -2.37. The van der Waals surface area contributed by atoms with Gasteiger partial charge in [-0.05, 0) is 31.4 Å². The Kier molecular flexibility index (Phi) is 4.67. The van der Waals surface area contributed by atoms with Crippen molar-refractivity contribution < 1.29 is 23.8 Å². The number of hydrogen-bond acceptors (Lipinski definition) is 4. The predicted molar refractivity (Wildman–Crippen MR) is 75.5 cm³/mol. The molecule has 1 fully saturated rings. The van der Waals surface area contributed by atoms with Gasteiger partial charge in [0.2, 0.25) is 5.76 Å². The second-order valence-electron chi connectivity index (χ2n) is 5.44. The number of rotatable bonds is 6. The van der Waals surface area contributed by atoms with Crippen LogP contribution in [0.2, 0.25) is 0 Å². The number of aromatic carboxylic acids is 1. The molecule has 1 aromatic heterocycles. The van der Waals surface area contributed by atoms with Gasteiger partial charge in [0.15, 0.2) is 5.76 Å². The van der Waals surface area contributed by atoms with Gasteiger partial charge >= 0.3 is 5.97 Å². The van der Waals surface area contributed by atoms with Crippen molar-refractivity contribution in [1.82, 2.24) is 4.90 Å². The number of likely N-dealkylation sites (tertiary alicyclic amines) is 1. The van der Waals surface area contributed by atoms with Crippen LogP contribution in [0.3, 0.4) is 0 Å². The van der Waals surface area contributed by atoms with Crippen LogP contribution in [0.15, 0.2) is 16.5 Å². The van der Waals surface area contributed by atoms with E-state index in [9.17, 15) is 9.59 Å². The lowest BCUT2D eigenvalue weighted by Crippen LogP contribution is -2.50. The number of hydrogen-bond donors (Lipinski definition) is 1. The molecule has 6 heteroatoms. The SMILES string of the molecule is CCCC1(COC)CCCN1C(=O)c1ccc(C(=O)O)o1. The van der Waals surface area contributed by atoms with Crippen molar-refractivity contribution in [2.24, 2.45) is 0 Å². The molecule has 1 N–H and O–H groups in total. The number of nitrogens with zero attached hydrogens (tertiary/aromatic N) is 1. The molecule has 1 unspecified atom stereocenters. The minimum absolute atomic E-state index is 0.0749. The Morgan fingerprint density at radius 2 is 2.14 bits per heavy atom. The summed E-state index contributed by atoms with van der Waals surface area (Å²) < 4.78 is 10.5. The highest BCUT2D eigenvalue weighted by Gasteiger charge is 2.44. The average molecular weight is 295 g/mol. The highest BCUT2D eigenvalue weighted by molar-refractivity contribution is 5.94. The van der Waals surface area contributed by atoms with Crippen molar-refractivity contribution in [3.05, 3.63) is 23.7 Å². The van der Waals surface area contributed by atoms with E-state index < -0.39 is 5.97 Å². The molecular weight excluding hydrogens is 274 g/mol. The summed E-state index contributed by atoms with van der Waals surface area (Å²) in [5.74, 6) is -1.58. The Bertz CT molecular complexity index is 516. The largest absolute Gasteiger partial charge is 0.475 e. The van der Waals surface area contributed by atoms with Gasteiger partial charge in [-0.25, -0.2) is 4.79 Å². The molecule has 116 valence electrons. The Labute approximate surface area is 123 Å². The molecule has 0 bridgehead atoms. The molecule has 0 aromatic carbocycles. The molecule has 1 aromatic rings. The summed E-state index contributed by atoms with van der Waals surface area (Å²) >= 11 is 0. The summed E-state index contributed by atoms with van der Waals surface area (Å²) in [6.07, 6.45) is 3.62. The molecule has 0 radical (unpaired) electrons. The fourth-order valence-electron chi connectivity index (χ4n) is 3.17. The molecule has 1 saturated heterocycles. The van der Waals surface area contributed by atoms with Crippen molar-refractivity contribution in [2.75, 3.05) is 20.3 Å². The number of carbonyl (C=O) groups excluding carboxylic acids is 1. The van der Waals surface area contributed by atoms with Crippen LogP contribution >= 0.6 is 0 Å². The van der Waals surface area contributed by atoms with Crippen LogP contribution in [-0.4, -0.2) is 47.7 Å². The zero-order chi connectivity index (χ0) is 15.5. The minimum Gasteiger partial charge on any atom is -0.475 e. The van der Waals surface area contributed by atoms with E-state index in [1.54, 1.807) is 12.0 Å². The summed E-state index contributed by atoms with van der Waals surface area (Å²) in [4.78, 5) is 25.3. The Balaban J connectivity index is 2.24. The minimum atomic E-state index is -1.17. The number of furan rings is 1. The monoisotopic (exact) mass is 295 g/mol. The van der Waals surface area contributed by atoms with E-state index in [4.69, 9.17) is 14.3 Å². The van der Waals surface area contributed by atoms with Gasteiger partial charge in [0.25, 0.3) is 5.91 Å². The molecule has 0 aliphatic carbocycles. The predicted octanol–water partition coefficient (Wildman–Crippen LogP) is 2.40. The topological polar surface area (TPSA) is 80.0 Å². The summed E-state index contributed by atoms with van der Waals surface area (Å²) in [5.41, 5.74) is -0.309. The molecule has 2 heterocycles. The molecule has 0 spiro atoms. The van der Waals surface area contributed by atoms with Crippen LogP contribution in [0.4, 0.5) is 0 Å². The smallest absolute Gasteiger partial charge is 0.371 e. The zero-order valence-electron chi connectivity index (χ0n) is 12.4. The van der Waals surface area contributed by atoms with Gasteiger partial charge in [-0.3, -0.25) is 4.79 Å². The molecule has 2 rings (SSSR count). The first-order chi connectivity index (χ1) is 10.0. The lowest BCUT2D eigenvalue weighted by molar-refractivity contribution is 0.0231. The van der Waals surface area contributed by atoms with Crippen LogP contribution in [0.25, 0.3) is 0 Å². The van der Waals surface area contributed by atoms with E-state index >= 15 is 0 Å². The van der Waals surface area contributed by atoms with Gasteiger partial charge in [-0.15, -0.1) is 0 Å². The number of carbonyl (C=O) groups is 2. The van der Waals surface area contributed by atoms with Crippen LogP contribution in [-0.2, 0) is 4.74 Å². The first-order valence-electron chi connectivity index (χ1n) is 7.18. The van der Waals surface area contributed by atoms with E-state index in [-0.39, 0.29) is 23.0 Å². The summed E-state index contributed by atoms with van der Waals surface area (Å²) in [6, 6.07) is 2.73. The van der Waals surface area contributed by atoms with Gasteiger partial charge in [0.1, 0.15) is 0 Å². The van der Waals surface area contributed by atoms with Crippen molar-refractivity contribution >= 4 is 11.9 Å². The maximum Gasteiger partial charge on any atom is 0.371 e. The third kappa shape index (κ3) is 2.95. The number of methoxy groups -OCH3 is 1. The van der Waals surface area contributed by atoms with Crippen LogP contribution < -0.4 is 0 Å². The van der Waals surface area contributed by atoms with Gasteiger partial charge in [-0.1, -0.05) is 13.3 Å². The zero-order valence-corrected chi connectivity index (χ0v) is 12.4. The Hall–Kier alpha value is -1.82. The Morgan fingerprint density at radius 1 is 1.43 bits per heavy atom. The molecular formula is C15H21NO5. The highest BCUT2D eigenvalue weighted by Crippen LogP contribution is 2.35. The molecule has 21 heavy (non-hydrogen) atoms. The average Bonchev–Trinajstić information content (AvgIpc) is 3.06. The van der Waals surface area contributed by atoms with E-state index in [0.29, 0.717) is 13.2 Å². The molecule has 1 aliphatic heterocycles. The molecule has 6 nitrogen and oxygen atoms in total. The first kappa shape index (κ1) is 15.6. The van der Waals surface area contributed by atoms with E-state index in [0.717, 1.165) is 25.7 Å². The second kappa shape index (κ2) is 6.30. The van der Waals surface area contributed by atoms with Gasteiger partial charge in [0, 0.05) is 13.7 Å². The summed E-state index contributed by atoms with van der Waals surface area (Å²) in [6.45, 7) is 3.21. The quantitative estimate of drug-likeness (QED) is 0.871. The van der Waals surface area contributed by atoms with Crippen molar-refractivity contribution in [3.63, 3.8) is 0 Å². The molecule has 1 amide bonds. The Morgan fingerprint density at radius 3 is 2.71 bits per heavy atom. The fraction of sp³-hybridized carbons (Fsp3) is 0.600. The fourth-order valence-corrected chi connectivity index (χ4v) is 3.17. The maximum absolute atomic E-state index is 12.6. The molecule has 1 atom stereocenters. The third-order valence-electron chi connectivity index (χ3n) is 4.00. The van der Waals surface area contributed by atoms with E-state index in [1.165, 1.54) is 12.1 Å². The number of amides is 1. The third-order valence-corrected chi connectivity index (χ3v) is 4.00. The second-order valence-corrected chi connectivity index (χ2v) is 5.44. The van der Waals surface area contributed by atoms with Gasteiger partial charge < -0.3 is 19.2 Å². The standard InChI is InChI=1S/C15H21NO5/c1-3-7-15(10-20-2)8-4-9-16(15)13(17)11-5-6-12(21-11)14(18)19/h5-6H,3-4,7-10H2,1-2H3,(H,18,19). The maximum atomic E-state index is 12.6. The molecule has 1 aliphatic rings. The summed E-state index contributed by atoms with van der Waals surface area (Å²) in [5, 5.41) is 8.88. The van der Waals surface area contributed by atoms with E-state index in [2.05, 4.69) is 6.92 Å². The molecule has 0 saturated carbocycles. The highest BCUT2D eigenvalue weighted by atomic mass is 16.5. The number of carboxylic acid groups (broad SMARTS) is 1. The van der Waals surface area contributed by atoms with Crippen molar-refractivity contribution in [1.29, 1.82) is 0 Å². The lowest BCUT2D eigenvalue weighted by atomic mass is 9.91. The normalized spacial score (nSPS) is 21.7. The number of carboxylic acids is 1. The van der Waals surface area contributed by atoms with Crippen LogP contribution in [0.5, 0.6) is 0 Å². The summed E-state index contributed by atoms with van der Waals surface area (Å²) in [7, 11) is 1.63. The van der Waals surface area contributed by atoms with Crippen molar-refractivity contribution in [3.8, 4) is 0 Å². The first-order valence-corrected chi connectivity index (χ1v) is 7.18. The van der Waals surface area contributed by atoms with Crippen molar-refractivity contribution in [2.45, 2.75) is 38.1 Å². The van der Waals surface area contributed by atoms with Crippen LogP contribution in [0, 0.1) is 0 Å². The van der Waals surface area contributed by atoms with Crippen LogP contribution in [0.1, 0.15) is 53.7 Å².